The van der Waals surface area contributed by atoms with Crippen molar-refractivity contribution in [1.29, 1.82) is 0 Å². The van der Waals surface area contributed by atoms with Crippen LogP contribution in [0.25, 0.3) is 15.7 Å². The van der Waals surface area contributed by atoms with Crippen molar-refractivity contribution < 1.29 is 41.0 Å². The van der Waals surface area contributed by atoms with E-state index in [4.69, 9.17) is 9.47 Å². The number of carbonyl (C=O) groups excluding carboxylic acids is 2. The number of fused-ring (bicyclic) bond motifs is 1. The maximum Gasteiger partial charge on any atom is 0.425 e. The number of hydrogen-bond donors (Lipinski definition) is 1. The number of halogens is 5. The Hall–Kier alpha value is -4.00. The molecule has 2 aromatic carbocycles. The molecule has 0 aliphatic carbocycles. The Morgan fingerprint density at radius 1 is 0.955 bits per heavy atom. The summed E-state index contributed by atoms with van der Waals surface area (Å²) in [4.78, 5) is 24.5. The van der Waals surface area contributed by atoms with E-state index in [2.05, 4.69) is 10.4 Å². The SMILES string of the molecule is COc1ccc(C2=NN(CCCCOc3ccc(C4=CNC(=O)C4(C)C)c(F)c3F)C(=O)C2(C)C)c2cc(C(F)(F)F)sc12. The summed E-state index contributed by atoms with van der Waals surface area (Å²) in [6.45, 7) is 6.78. The number of unbranched alkanes of at least 4 members (excludes halogenated alkanes) is 1. The highest BCUT2D eigenvalue weighted by Gasteiger charge is 2.45. The van der Waals surface area contributed by atoms with E-state index in [9.17, 15) is 31.5 Å². The van der Waals surface area contributed by atoms with E-state index in [1.807, 2.05) is 0 Å². The van der Waals surface area contributed by atoms with Gasteiger partial charge >= 0.3 is 6.18 Å². The molecule has 2 aliphatic rings. The van der Waals surface area contributed by atoms with Gasteiger partial charge in [0.15, 0.2) is 11.6 Å². The van der Waals surface area contributed by atoms with Crippen LogP contribution in [0.2, 0.25) is 0 Å². The third-order valence-corrected chi connectivity index (χ3v) is 9.13. The molecule has 0 spiro atoms. The summed E-state index contributed by atoms with van der Waals surface area (Å²) in [5, 5.41) is 8.62. The summed E-state index contributed by atoms with van der Waals surface area (Å²) >= 11 is 0.570. The molecule has 13 heteroatoms. The van der Waals surface area contributed by atoms with Crippen LogP contribution < -0.4 is 14.8 Å². The molecule has 7 nitrogen and oxygen atoms in total. The lowest BCUT2D eigenvalue weighted by molar-refractivity contribution is -0.135. The molecule has 0 bridgehead atoms. The minimum atomic E-state index is -4.54. The molecule has 0 saturated carbocycles. The number of amides is 2. The second-order valence-electron chi connectivity index (χ2n) is 11.6. The Balaban J connectivity index is 1.26. The first-order valence-electron chi connectivity index (χ1n) is 13.8. The van der Waals surface area contributed by atoms with E-state index in [1.54, 1.807) is 39.8 Å². The number of rotatable bonds is 9. The number of thiophene rings is 1. The fourth-order valence-corrected chi connectivity index (χ4v) is 6.34. The summed E-state index contributed by atoms with van der Waals surface area (Å²) in [7, 11) is 1.38. The number of carbonyl (C=O) groups is 2. The molecule has 5 rings (SSSR count). The fraction of sp³-hybridized carbons (Fsp3) is 0.387. The van der Waals surface area contributed by atoms with E-state index >= 15 is 0 Å². The minimum Gasteiger partial charge on any atom is -0.495 e. The van der Waals surface area contributed by atoms with E-state index in [1.165, 1.54) is 30.5 Å². The highest BCUT2D eigenvalue weighted by atomic mass is 32.1. The number of benzene rings is 2. The van der Waals surface area contributed by atoms with Gasteiger partial charge in [0.05, 0.1) is 35.0 Å². The van der Waals surface area contributed by atoms with Gasteiger partial charge < -0.3 is 14.8 Å². The second-order valence-corrected chi connectivity index (χ2v) is 12.7. The monoisotopic (exact) mass is 635 g/mol. The molecule has 234 valence electrons. The lowest BCUT2D eigenvalue weighted by atomic mass is 9.82. The quantitative estimate of drug-likeness (QED) is 0.200. The van der Waals surface area contributed by atoms with E-state index in [0.29, 0.717) is 56.9 Å². The van der Waals surface area contributed by atoms with Crippen molar-refractivity contribution in [1.82, 2.24) is 10.3 Å². The summed E-state index contributed by atoms with van der Waals surface area (Å²) < 4.78 is 81.4. The predicted octanol–water partition coefficient (Wildman–Crippen LogP) is 7.14. The van der Waals surface area contributed by atoms with E-state index in [0.717, 1.165) is 6.07 Å². The Labute approximate surface area is 254 Å². The largest absolute Gasteiger partial charge is 0.495 e. The van der Waals surface area contributed by atoms with Gasteiger partial charge in [-0.3, -0.25) is 9.59 Å². The van der Waals surface area contributed by atoms with Gasteiger partial charge in [0, 0.05) is 29.3 Å². The van der Waals surface area contributed by atoms with Crippen molar-refractivity contribution in [2.75, 3.05) is 20.3 Å². The Morgan fingerprint density at radius 3 is 2.27 bits per heavy atom. The van der Waals surface area contributed by atoms with Crippen molar-refractivity contribution in [2.24, 2.45) is 15.9 Å². The van der Waals surface area contributed by atoms with Crippen LogP contribution in [0.5, 0.6) is 11.5 Å². The predicted molar refractivity (Wildman–Crippen MR) is 156 cm³/mol. The number of ether oxygens (including phenoxy) is 2. The second kappa shape index (κ2) is 11.2. The first-order valence-corrected chi connectivity index (χ1v) is 14.6. The highest BCUT2D eigenvalue weighted by Crippen LogP contribution is 2.45. The topological polar surface area (TPSA) is 80.2 Å². The summed E-state index contributed by atoms with van der Waals surface area (Å²) in [6.07, 6.45) is -2.39. The van der Waals surface area contributed by atoms with Crippen LogP contribution in [0.4, 0.5) is 22.0 Å². The lowest BCUT2D eigenvalue weighted by Gasteiger charge is -2.20. The van der Waals surface area contributed by atoms with Crippen molar-refractivity contribution >= 4 is 44.5 Å². The maximum absolute atomic E-state index is 14.9. The third-order valence-electron chi connectivity index (χ3n) is 7.93. The van der Waals surface area contributed by atoms with Gasteiger partial charge in [-0.25, -0.2) is 9.40 Å². The number of hydrazone groups is 1. The van der Waals surface area contributed by atoms with Gasteiger partial charge in [0.25, 0.3) is 5.91 Å². The Morgan fingerprint density at radius 2 is 1.64 bits per heavy atom. The van der Waals surface area contributed by atoms with Crippen molar-refractivity contribution in [3.63, 3.8) is 0 Å². The number of nitrogens with one attached hydrogen (secondary N) is 1. The Bertz CT molecular complexity index is 1730. The molecule has 0 saturated heterocycles. The zero-order valence-corrected chi connectivity index (χ0v) is 25.4. The number of methoxy groups -OCH3 is 1. The van der Waals surface area contributed by atoms with Gasteiger partial charge in [0.2, 0.25) is 11.7 Å². The zero-order valence-electron chi connectivity index (χ0n) is 24.6. The number of alkyl halides is 3. The van der Waals surface area contributed by atoms with Gasteiger partial charge in [-0.1, -0.05) is 0 Å². The molecule has 2 aliphatic heterocycles. The smallest absolute Gasteiger partial charge is 0.425 e. The van der Waals surface area contributed by atoms with Gasteiger partial charge in [-0.15, -0.1) is 11.3 Å². The molecule has 3 heterocycles. The van der Waals surface area contributed by atoms with E-state index in [-0.39, 0.29) is 36.3 Å². The molecule has 44 heavy (non-hydrogen) atoms. The standard InChI is InChI=1S/C31H30F5N3O4S/c1-29(2)19(15-37-27(29)40)17-9-10-20(24(33)23(17)32)43-13-7-6-12-39-28(41)30(3,4)26(38-39)16-8-11-21(42-5)25-18(16)14-22(44-25)31(34,35)36/h8-11,14-15H,6-7,12-13H2,1-5H3,(H,37,40). The summed E-state index contributed by atoms with van der Waals surface area (Å²) in [6, 6.07) is 6.90. The normalized spacial score (nSPS) is 17.6. The van der Waals surface area contributed by atoms with Crippen LogP contribution in [0.3, 0.4) is 0 Å². The summed E-state index contributed by atoms with van der Waals surface area (Å²) in [5.41, 5.74) is -1.08. The lowest BCUT2D eigenvalue weighted by Crippen LogP contribution is -2.35. The fourth-order valence-electron chi connectivity index (χ4n) is 5.29. The zero-order chi connectivity index (χ0) is 32.2. The van der Waals surface area contributed by atoms with Crippen LogP contribution in [0, 0.1) is 22.5 Å². The summed E-state index contributed by atoms with van der Waals surface area (Å²) in [5.74, 6) is -2.91. The number of hydrogen-bond acceptors (Lipinski definition) is 6. The van der Waals surface area contributed by atoms with Crippen molar-refractivity contribution in [2.45, 2.75) is 46.7 Å². The highest BCUT2D eigenvalue weighted by molar-refractivity contribution is 7.19. The number of nitrogens with zero attached hydrogens (tertiary/aromatic N) is 2. The third kappa shape index (κ3) is 5.31. The van der Waals surface area contributed by atoms with Crippen molar-refractivity contribution in [3.8, 4) is 11.5 Å². The van der Waals surface area contributed by atoms with Crippen LogP contribution in [-0.4, -0.2) is 42.8 Å². The average Bonchev–Trinajstić information content (AvgIpc) is 3.59. The molecule has 3 aromatic rings. The van der Waals surface area contributed by atoms with E-state index < -0.39 is 33.5 Å². The van der Waals surface area contributed by atoms with Crippen molar-refractivity contribution in [3.05, 3.63) is 64.2 Å². The minimum absolute atomic E-state index is 0.0279. The molecule has 0 atom stereocenters. The van der Waals surface area contributed by atoms with Crippen LogP contribution in [0.15, 0.2) is 41.6 Å². The van der Waals surface area contributed by atoms with Gasteiger partial charge in [0.1, 0.15) is 10.6 Å². The molecule has 1 aromatic heterocycles. The molecule has 1 N–H and O–H groups in total. The molecule has 2 amide bonds. The van der Waals surface area contributed by atoms with Crippen LogP contribution in [0.1, 0.15) is 56.5 Å². The first-order chi connectivity index (χ1) is 20.6. The van der Waals surface area contributed by atoms with Gasteiger partial charge in [-0.05, 0) is 76.4 Å². The van der Waals surface area contributed by atoms with Crippen LogP contribution >= 0.6 is 11.3 Å². The Kier molecular flexibility index (Phi) is 7.98. The molecule has 0 unspecified atom stereocenters. The molecular formula is C31H30F5N3O4S. The van der Waals surface area contributed by atoms with Gasteiger partial charge in [-0.2, -0.15) is 22.7 Å². The maximum atomic E-state index is 14.9. The molecular weight excluding hydrogens is 605 g/mol. The molecule has 0 radical (unpaired) electrons. The first kappa shape index (κ1) is 31.4. The average molecular weight is 636 g/mol. The molecule has 0 fully saturated rings. The van der Waals surface area contributed by atoms with Crippen LogP contribution in [-0.2, 0) is 15.8 Å².